The summed E-state index contributed by atoms with van der Waals surface area (Å²) in [5.74, 6) is 0.476. The van der Waals surface area contributed by atoms with Crippen LogP contribution in [0.2, 0.25) is 0 Å². The molecule has 0 spiro atoms. The van der Waals surface area contributed by atoms with Gasteiger partial charge in [-0.25, -0.2) is 8.42 Å². The number of halogens is 1. The summed E-state index contributed by atoms with van der Waals surface area (Å²) in [6.45, 7) is 2.66. The van der Waals surface area contributed by atoms with E-state index in [1.807, 2.05) is 6.07 Å². The Kier molecular flexibility index (Phi) is 4.69. The van der Waals surface area contributed by atoms with Crippen molar-refractivity contribution in [3.05, 3.63) is 28.7 Å². The van der Waals surface area contributed by atoms with E-state index in [0.29, 0.717) is 21.8 Å². The van der Waals surface area contributed by atoms with Crippen molar-refractivity contribution in [1.29, 1.82) is 0 Å². The third kappa shape index (κ3) is 3.50. The lowest BCUT2D eigenvalue weighted by Gasteiger charge is -2.29. The second kappa shape index (κ2) is 6.36. The Morgan fingerprint density at radius 3 is 2.43 bits per heavy atom. The van der Waals surface area contributed by atoms with E-state index >= 15 is 0 Å². The highest BCUT2D eigenvalue weighted by atomic mass is 79.9. The molecule has 1 heterocycles. The number of sulfonamides is 1. The maximum atomic E-state index is 13.0. The van der Waals surface area contributed by atoms with Gasteiger partial charge in [-0.15, -0.1) is 0 Å². The average Bonchev–Trinajstić information content (AvgIpc) is 3.30. The molecule has 1 aliphatic carbocycles. The quantitative estimate of drug-likeness (QED) is 0.863. The fourth-order valence-corrected chi connectivity index (χ4v) is 5.63. The fourth-order valence-electron chi connectivity index (χ4n) is 2.90. The van der Waals surface area contributed by atoms with Crippen molar-refractivity contribution in [2.45, 2.75) is 36.6 Å². The first-order valence-corrected chi connectivity index (χ1v) is 9.79. The zero-order valence-corrected chi connectivity index (χ0v) is 14.4. The molecule has 0 aromatic heterocycles. The van der Waals surface area contributed by atoms with E-state index in [9.17, 15) is 8.42 Å². The van der Waals surface area contributed by atoms with Gasteiger partial charge >= 0.3 is 0 Å². The molecule has 2 fully saturated rings. The molecule has 4 nitrogen and oxygen atoms in total. The molecule has 116 valence electrons. The Bertz CT molecular complexity index is 595. The SMILES string of the molecule is O=S(=O)(c1ccccc1Br)N(CC1CCNCC1)C1CC1. The second-order valence-electron chi connectivity index (χ2n) is 5.93. The Hall–Kier alpha value is -0.430. The van der Waals surface area contributed by atoms with E-state index in [1.54, 1.807) is 22.5 Å². The highest BCUT2D eigenvalue weighted by Gasteiger charge is 2.39. The lowest BCUT2D eigenvalue weighted by molar-refractivity contribution is 0.283. The van der Waals surface area contributed by atoms with E-state index in [2.05, 4.69) is 21.2 Å². The zero-order chi connectivity index (χ0) is 14.9. The number of benzene rings is 1. The van der Waals surface area contributed by atoms with E-state index in [4.69, 9.17) is 0 Å². The number of hydrogen-bond donors (Lipinski definition) is 1. The topological polar surface area (TPSA) is 49.4 Å². The summed E-state index contributed by atoms with van der Waals surface area (Å²) in [4.78, 5) is 0.394. The van der Waals surface area contributed by atoms with Gasteiger partial charge in [-0.05, 0) is 72.8 Å². The van der Waals surface area contributed by atoms with Gasteiger partial charge in [-0.3, -0.25) is 0 Å². The highest BCUT2D eigenvalue weighted by molar-refractivity contribution is 9.10. The molecule has 3 rings (SSSR count). The van der Waals surface area contributed by atoms with E-state index < -0.39 is 10.0 Å². The third-order valence-electron chi connectivity index (χ3n) is 4.27. The average molecular weight is 373 g/mol. The molecule has 1 aromatic carbocycles. The molecule has 0 atom stereocenters. The summed E-state index contributed by atoms with van der Waals surface area (Å²) < 4.78 is 28.4. The molecule has 0 unspecified atom stereocenters. The van der Waals surface area contributed by atoms with Crippen LogP contribution >= 0.6 is 15.9 Å². The Balaban J connectivity index is 1.84. The van der Waals surface area contributed by atoms with Gasteiger partial charge in [-0.1, -0.05) is 12.1 Å². The van der Waals surface area contributed by atoms with E-state index in [1.165, 1.54) is 0 Å². The van der Waals surface area contributed by atoms with Gasteiger partial charge in [0, 0.05) is 17.1 Å². The molecule has 21 heavy (non-hydrogen) atoms. The van der Waals surface area contributed by atoms with Gasteiger partial charge in [0.25, 0.3) is 0 Å². The minimum Gasteiger partial charge on any atom is -0.317 e. The molecular formula is C15H21BrN2O2S. The zero-order valence-electron chi connectivity index (χ0n) is 12.0. The lowest BCUT2D eigenvalue weighted by Crippen LogP contribution is -2.40. The van der Waals surface area contributed by atoms with Crippen molar-refractivity contribution in [1.82, 2.24) is 9.62 Å². The molecule has 0 amide bonds. The van der Waals surface area contributed by atoms with Gasteiger partial charge in [0.05, 0.1) is 4.90 Å². The number of piperidine rings is 1. The van der Waals surface area contributed by atoms with Crippen LogP contribution in [-0.4, -0.2) is 38.4 Å². The van der Waals surface area contributed by atoms with Crippen LogP contribution in [0.5, 0.6) is 0 Å². The van der Waals surface area contributed by atoms with Crippen LogP contribution in [0, 0.1) is 5.92 Å². The van der Waals surface area contributed by atoms with Crippen molar-refractivity contribution >= 4 is 26.0 Å². The maximum Gasteiger partial charge on any atom is 0.244 e. The minimum atomic E-state index is -3.40. The summed E-state index contributed by atoms with van der Waals surface area (Å²) in [7, 11) is -3.40. The fraction of sp³-hybridized carbons (Fsp3) is 0.600. The highest BCUT2D eigenvalue weighted by Crippen LogP contribution is 2.35. The smallest absolute Gasteiger partial charge is 0.244 e. The van der Waals surface area contributed by atoms with Gasteiger partial charge in [0.2, 0.25) is 10.0 Å². The molecule has 1 N–H and O–H groups in total. The van der Waals surface area contributed by atoms with Gasteiger partial charge in [0.1, 0.15) is 0 Å². The van der Waals surface area contributed by atoms with Crippen LogP contribution in [0.1, 0.15) is 25.7 Å². The monoisotopic (exact) mass is 372 g/mol. The van der Waals surface area contributed by atoms with Gasteiger partial charge in [0.15, 0.2) is 0 Å². The first-order valence-electron chi connectivity index (χ1n) is 7.56. The van der Waals surface area contributed by atoms with Crippen LogP contribution in [0.3, 0.4) is 0 Å². The molecular weight excluding hydrogens is 352 g/mol. The second-order valence-corrected chi connectivity index (χ2v) is 8.64. The van der Waals surface area contributed by atoms with Crippen LogP contribution < -0.4 is 5.32 Å². The predicted molar refractivity (Wildman–Crippen MR) is 86.6 cm³/mol. The van der Waals surface area contributed by atoms with Crippen LogP contribution in [0.25, 0.3) is 0 Å². The van der Waals surface area contributed by atoms with E-state index in [-0.39, 0.29) is 6.04 Å². The molecule has 1 saturated heterocycles. The normalized spacial score (nSPS) is 20.9. The van der Waals surface area contributed by atoms with E-state index in [0.717, 1.165) is 38.8 Å². The van der Waals surface area contributed by atoms with Crippen LogP contribution in [0.4, 0.5) is 0 Å². The lowest BCUT2D eigenvalue weighted by atomic mass is 9.98. The Morgan fingerprint density at radius 1 is 1.14 bits per heavy atom. The summed E-state index contributed by atoms with van der Waals surface area (Å²) in [6, 6.07) is 7.32. The third-order valence-corrected chi connectivity index (χ3v) is 7.20. The summed E-state index contributed by atoms with van der Waals surface area (Å²) in [5, 5.41) is 3.34. The molecule has 0 radical (unpaired) electrons. The number of hydrogen-bond acceptors (Lipinski definition) is 3. The molecule has 1 aliphatic heterocycles. The van der Waals surface area contributed by atoms with Crippen molar-refractivity contribution < 1.29 is 8.42 Å². The summed E-state index contributed by atoms with van der Waals surface area (Å²) >= 11 is 3.38. The number of rotatable bonds is 5. The molecule has 2 aliphatic rings. The van der Waals surface area contributed by atoms with Gasteiger partial charge < -0.3 is 5.32 Å². The van der Waals surface area contributed by atoms with Gasteiger partial charge in [-0.2, -0.15) is 4.31 Å². The molecule has 1 saturated carbocycles. The number of nitrogens with one attached hydrogen (secondary N) is 1. The number of nitrogens with zero attached hydrogens (tertiary/aromatic N) is 1. The Morgan fingerprint density at radius 2 is 1.81 bits per heavy atom. The Labute approximate surface area is 135 Å². The van der Waals surface area contributed by atoms with Crippen molar-refractivity contribution in [3.8, 4) is 0 Å². The summed E-state index contributed by atoms with van der Waals surface area (Å²) in [6.07, 6.45) is 4.12. The van der Waals surface area contributed by atoms with Crippen molar-refractivity contribution in [2.75, 3.05) is 19.6 Å². The van der Waals surface area contributed by atoms with Crippen molar-refractivity contribution in [2.24, 2.45) is 5.92 Å². The van der Waals surface area contributed by atoms with Crippen molar-refractivity contribution in [3.63, 3.8) is 0 Å². The molecule has 0 bridgehead atoms. The standard InChI is InChI=1S/C15H21BrN2O2S/c16-14-3-1-2-4-15(14)21(19,20)18(13-5-6-13)11-12-7-9-17-10-8-12/h1-4,12-13,17H,5-11H2. The van der Waals surface area contributed by atoms with Crippen LogP contribution in [-0.2, 0) is 10.0 Å². The molecule has 6 heteroatoms. The first-order chi connectivity index (χ1) is 10.1. The minimum absolute atomic E-state index is 0.206. The maximum absolute atomic E-state index is 13.0. The summed E-state index contributed by atoms with van der Waals surface area (Å²) in [5.41, 5.74) is 0. The largest absolute Gasteiger partial charge is 0.317 e. The van der Waals surface area contributed by atoms with Crippen LogP contribution in [0.15, 0.2) is 33.6 Å². The predicted octanol–water partition coefficient (Wildman–Crippen LogP) is 2.60. The molecule has 1 aromatic rings. The first kappa shape index (κ1) is 15.5.